The maximum Gasteiger partial charge on any atom is 0.0818 e. The van der Waals surface area contributed by atoms with Gasteiger partial charge in [-0.2, -0.15) is 0 Å². The lowest BCUT2D eigenvalue weighted by Gasteiger charge is -2.21. The van der Waals surface area contributed by atoms with Crippen molar-refractivity contribution in [2.45, 2.75) is 63.4 Å². The largest absolute Gasteiger partial charge is 0.388 e. The number of hydrogen-bond donors (Lipinski definition) is 1. The lowest BCUT2D eigenvalue weighted by atomic mass is 9.89. The molecule has 0 amide bonds. The van der Waals surface area contributed by atoms with Crippen LogP contribution in [-0.2, 0) is 0 Å². The Labute approximate surface area is 110 Å². The van der Waals surface area contributed by atoms with Crippen molar-refractivity contribution in [3.63, 3.8) is 0 Å². The van der Waals surface area contributed by atoms with Crippen LogP contribution in [0.5, 0.6) is 0 Å². The Hall–Kier alpha value is -0.820. The van der Waals surface area contributed by atoms with Crippen molar-refractivity contribution < 1.29 is 5.11 Å². The zero-order valence-corrected chi connectivity index (χ0v) is 11.1. The van der Waals surface area contributed by atoms with Crippen LogP contribution >= 0.6 is 0 Å². The summed E-state index contributed by atoms with van der Waals surface area (Å²) in [4.78, 5) is 0. The molecule has 0 bridgehead atoms. The van der Waals surface area contributed by atoms with Crippen LogP contribution < -0.4 is 0 Å². The summed E-state index contributed by atoms with van der Waals surface area (Å²) in [6, 6.07) is 8.77. The molecule has 1 nitrogen and oxygen atoms in total. The van der Waals surface area contributed by atoms with Gasteiger partial charge in [0.25, 0.3) is 0 Å². The molecule has 0 radical (unpaired) electrons. The first-order valence-electron chi connectivity index (χ1n) is 7.62. The number of aliphatic hydroxyl groups excluding tert-OH is 1. The van der Waals surface area contributed by atoms with E-state index in [0.717, 1.165) is 11.5 Å². The van der Waals surface area contributed by atoms with Crippen molar-refractivity contribution in [3.05, 3.63) is 35.4 Å². The van der Waals surface area contributed by atoms with Gasteiger partial charge < -0.3 is 5.11 Å². The third-order valence-electron chi connectivity index (χ3n) is 4.67. The van der Waals surface area contributed by atoms with Crippen molar-refractivity contribution in [2.75, 3.05) is 0 Å². The average molecular weight is 244 g/mol. The first-order valence-corrected chi connectivity index (χ1v) is 7.62. The van der Waals surface area contributed by atoms with Crippen LogP contribution in [-0.4, -0.2) is 5.11 Å². The van der Waals surface area contributed by atoms with Gasteiger partial charge in [0.05, 0.1) is 6.10 Å². The lowest BCUT2D eigenvalue weighted by Crippen LogP contribution is -2.11. The van der Waals surface area contributed by atoms with Gasteiger partial charge in [-0.1, -0.05) is 49.9 Å². The number of rotatable bonds is 3. The van der Waals surface area contributed by atoms with E-state index in [1.807, 2.05) is 0 Å². The Bertz CT molecular complexity index is 369. The summed E-state index contributed by atoms with van der Waals surface area (Å²) in [5.41, 5.74) is 2.60. The first-order chi connectivity index (χ1) is 8.84. The SMILES string of the molecule is OC(c1ccc(C2CC2)cc1)C1CCCCCC1. The van der Waals surface area contributed by atoms with Gasteiger partial charge in [0, 0.05) is 0 Å². The molecule has 0 heterocycles. The molecule has 2 aliphatic rings. The van der Waals surface area contributed by atoms with Gasteiger partial charge in [-0.05, 0) is 48.6 Å². The molecule has 1 unspecified atom stereocenters. The van der Waals surface area contributed by atoms with E-state index in [4.69, 9.17) is 0 Å². The highest BCUT2D eigenvalue weighted by molar-refractivity contribution is 5.29. The van der Waals surface area contributed by atoms with E-state index in [2.05, 4.69) is 24.3 Å². The van der Waals surface area contributed by atoms with Gasteiger partial charge in [-0.3, -0.25) is 0 Å². The molecule has 3 rings (SSSR count). The summed E-state index contributed by atoms with van der Waals surface area (Å²) in [6.45, 7) is 0. The summed E-state index contributed by atoms with van der Waals surface area (Å²) < 4.78 is 0. The molecular weight excluding hydrogens is 220 g/mol. The molecule has 18 heavy (non-hydrogen) atoms. The van der Waals surface area contributed by atoms with Gasteiger partial charge in [-0.15, -0.1) is 0 Å². The van der Waals surface area contributed by atoms with E-state index in [1.165, 1.54) is 56.9 Å². The molecule has 0 saturated heterocycles. The predicted octanol–water partition coefficient (Wildman–Crippen LogP) is 4.57. The summed E-state index contributed by atoms with van der Waals surface area (Å²) in [6.07, 6.45) is 10.2. The van der Waals surface area contributed by atoms with Crippen LogP contribution in [0.4, 0.5) is 0 Å². The molecule has 98 valence electrons. The second-order valence-corrected chi connectivity index (χ2v) is 6.14. The molecule has 1 heteroatoms. The van der Waals surface area contributed by atoms with Crippen LogP contribution in [0.25, 0.3) is 0 Å². The van der Waals surface area contributed by atoms with Crippen LogP contribution in [0.1, 0.15) is 74.5 Å². The molecule has 1 aromatic rings. The minimum atomic E-state index is -0.239. The molecule has 1 N–H and O–H groups in total. The van der Waals surface area contributed by atoms with E-state index < -0.39 is 0 Å². The minimum Gasteiger partial charge on any atom is -0.388 e. The van der Waals surface area contributed by atoms with Crippen molar-refractivity contribution in [1.29, 1.82) is 0 Å². The van der Waals surface area contributed by atoms with E-state index in [0.29, 0.717) is 5.92 Å². The van der Waals surface area contributed by atoms with Crippen molar-refractivity contribution in [1.82, 2.24) is 0 Å². The Balaban J connectivity index is 1.67. The third kappa shape index (κ3) is 2.77. The van der Waals surface area contributed by atoms with Gasteiger partial charge in [0.15, 0.2) is 0 Å². The number of aliphatic hydroxyl groups is 1. The highest BCUT2D eigenvalue weighted by Crippen LogP contribution is 2.41. The van der Waals surface area contributed by atoms with Crippen LogP contribution in [0, 0.1) is 5.92 Å². The predicted molar refractivity (Wildman–Crippen MR) is 74.6 cm³/mol. The van der Waals surface area contributed by atoms with Crippen LogP contribution in [0.2, 0.25) is 0 Å². The summed E-state index contributed by atoms with van der Waals surface area (Å²) >= 11 is 0. The van der Waals surface area contributed by atoms with E-state index in [1.54, 1.807) is 0 Å². The third-order valence-corrected chi connectivity index (χ3v) is 4.67. The second kappa shape index (κ2) is 5.44. The second-order valence-electron chi connectivity index (χ2n) is 6.14. The van der Waals surface area contributed by atoms with Gasteiger partial charge in [0.1, 0.15) is 0 Å². The van der Waals surface area contributed by atoms with Gasteiger partial charge in [0.2, 0.25) is 0 Å². The summed E-state index contributed by atoms with van der Waals surface area (Å²) in [5, 5.41) is 10.5. The molecule has 0 aromatic heterocycles. The molecule has 1 atom stereocenters. The fraction of sp³-hybridized carbons (Fsp3) is 0.647. The zero-order valence-electron chi connectivity index (χ0n) is 11.1. The van der Waals surface area contributed by atoms with Gasteiger partial charge in [-0.25, -0.2) is 0 Å². The smallest absolute Gasteiger partial charge is 0.0818 e. The molecule has 2 saturated carbocycles. The highest BCUT2D eigenvalue weighted by atomic mass is 16.3. The van der Waals surface area contributed by atoms with E-state index in [9.17, 15) is 5.11 Å². The summed E-state index contributed by atoms with van der Waals surface area (Å²) in [7, 11) is 0. The number of benzene rings is 1. The van der Waals surface area contributed by atoms with Gasteiger partial charge >= 0.3 is 0 Å². The normalized spacial score (nSPS) is 23.6. The van der Waals surface area contributed by atoms with Crippen molar-refractivity contribution >= 4 is 0 Å². The Morgan fingerprint density at radius 3 is 2.00 bits per heavy atom. The van der Waals surface area contributed by atoms with E-state index in [-0.39, 0.29) is 6.10 Å². The zero-order chi connectivity index (χ0) is 12.4. The fourth-order valence-electron chi connectivity index (χ4n) is 3.28. The van der Waals surface area contributed by atoms with Crippen molar-refractivity contribution in [2.24, 2.45) is 5.92 Å². The molecule has 1 aromatic carbocycles. The first kappa shape index (κ1) is 12.2. The Morgan fingerprint density at radius 1 is 0.833 bits per heavy atom. The van der Waals surface area contributed by atoms with Crippen LogP contribution in [0.15, 0.2) is 24.3 Å². The maximum absolute atomic E-state index is 10.5. The number of hydrogen-bond acceptors (Lipinski definition) is 1. The van der Waals surface area contributed by atoms with E-state index >= 15 is 0 Å². The summed E-state index contributed by atoms with van der Waals surface area (Å²) in [5.74, 6) is 1.30. The Kier molecular flexibility index (Phi) is 3.69. The lowest BCUT2D eigenvalue weighted by molar-refractivity contribution is 0.0988. The van der Waals surface area contributed by atoms with Crippen LogP contribution in [0.3, 0.4) is 0 Å². The topological polar surface area (TPSA) is 20.2 Å². The molecule has 2 aliphatic carbocycles. The monoisotopic (exact) mass is 244 g/mol. The highest BCUT2D eigenvalue weighted by Gasteiger charge is 2.25. The fourth-order valence-corrected chi connectivity index (χ4v) is 3.28. The molecule has 0 spiro atoms. The van der Waals surface area contributed by atoms with Crippen molar-refractivity contribution in [3.8, 4) is 0 Å². The maximum atomic E-state index is 10.5. The molecule has 0 aliphatic heterocycles. The Morgan fingerprint density at radius 2 is 1.44 bits per heavy atom. The molecular formula is C17H24O. The standard InChI is InChI=1S/C17H24O/c18-17(15-5-3-1-2-4-6-15)16-11-9-14(10-12-16)13-7-8-13/h9-13,15,17-18H,1-8H2. The quantitative estimate of drug-likeness (QED) is 0.772. The molecule has 2 fully saturated rings. The average Bonchev–Trinajstić information content (AvgIpc) is 3.25. The minimum absolute atomic E-state index is 0.239.